The minimum Gasteiger partial charge on any atom is -0.493 e. The van der Waals surface area contributed by atoms with Gasteiger partial charge in [-0.3, -0.25) is 24.4 Å². The second kappa shape index (κ2) is 9.56. The van der Waals surface area contributed by atoms with E-state index in [9.17, 15) is 18.0 Å². The fourth-order valence-electron chi connectivity index (χ4n) is 2.80. The summed E-state index contributed by atoms with van der Waals surface area (Å²) in [5.41, 5.74) is 2.20. The minimum absolute atomic E-state index is 0.261. The monoisotopic (exact) mass is 452 g/mol. The highest BCUT2D eigenvalue weighted by atomic mass is 32.3. The van der Waals surface area contributed by atoms with Gasteiger partial charge < -0.3 is 4.74 Å². The number of ether oxygens (including phenoxy) is 1. The number of rotatable bonds is 9. The van der Waals surface area contributed by atoms with Crippen molar-refractivity contribution in [3.63, 3.8) is 0 Å². The molecular weight excluding hydrogens is 432 g/mol. The van der Waals surface area contributed by atoms with Crippen LogP contribution in [0.15, 0.2) is 42.6 Å². The number of carbonyl (C=O) groups excluding carboxylic acids is 2. The molecule has 1 saturated heterocycles. The molecule has 2 heterocycles. The minimum atomic E-state index is -4.53. The summed E-state index contributed by atoms with van der Waals surface area (Å²) < 4.78 is 40.4. The Morgan fingerprint density at radius 1 is 1.20 bits per heavy atom. The highest BCUT2D eigenvalue weighted by Crippen LogP contribution is 2.24. The van der Waals surface area contributed by atoms with Crippen molar-refractivity contribution >= 4 is 33.3 Å². The van der Waals surface area contributed by atoms with Gasteiger partial charge in [-0.05, 0) is 37.1 Å². The van der Waals surface area contributed by atoms with Crippen molar-refractivity contribution in [3.05, 3.63) is 59.4 Å². The fourth-order valence-corrected chi connectivity index (χ4v) is 4.13. The van der Waals surface area contributed by atoms with Crippen molar-refractivity contribution in [1.29, 1.82) is 0 Å². The van der Waals surface area contributed by atoms with Crippen molar-refractivity contribution in [2.75, 3.05) is 6.61 Å². The van der Waals surface area contributed by atoms with Crippen LogP contribution >= 0.6 is 11.8 Å². The summed E-state index contributed by atoms with van der Waals surface area (Å²) in [4.78, 5) is 27.1. The molecule has 1 aromatic heterocycles. The molecule has 2 amide bonds. The van der Waals surface area contributed by atoms with E-state index in [0.717, 1.165) is 23.0 Å². The standard InChI is InChI=1S/C19H20N2O7S2/c1-12(28-30(24,25)26)14-4-5-15(20-11-14)8-9-27-16-6-2-13(3-7-16)10-17-18(22)21-19(23)29-17/h2-7,11-12,17H,8-10H2,1H3,(H,21,22,23)(H,24,25,26). The molecule has 1 fully saturated rings. The smallest absolute Gasteiger partial charge is 0.397 e. The normalized spacial score (nSPS) is 17.6. The van der Waals surface area contributed by atoms with Crippen LogP contribution in [0.25, 0.3) is 0 Å². The van der Waals surface area contributed by atoms with E-state index in [-0.39, 0.29) is 11.1 Å². The third-order valence-electron chi connectivity index (χ3n) is 4.32. The van der Waals surface area contributed by atoms with E-state index < -0.39 is 21.8 Å². The number of hydrogen-bond donors (Lipinski definition) is 2. The molecule has 1 aromatic carbocycles. The van der Waals surface area contributed by atoms with Gasteiger partial charge in [0.25, 0.3) is 5.24 Å². The van der Waals surface area contributed by atoms with Crippen LogP contribution in [0, 0.1) is 0 Å². The first kappa shape index (κ1) is 22.2. The Hall–Kier alpha value is -2.47. The van der Waals surface area contributed by atoms with E-state index in [1.165, 1.54) is 13.1 Å². The number of pyridine rings is 1. The first-order valence-electron chi connectivity index (χ1n) is 9.03. The topological polar surface area (TPSA) is 132 Å². The van der Waals surface area contributed by atoms with Gasteiger partial charge in [0, 0.05) is 23.9 Å². The zero-order valence-corrected chi connectivity index (χ0v) is 17.6. The molecule has 0 spiro atoms. The first-order chi connectivity index (χ1) is 14.2. The molecule has 2 N–H and O–H groups in total. The van der Waals surface area contributed by atoms with Crippen LogP contribution in [0.2, 0.25) is 0 Å². The van der Waals surface area contributed by atoms with Crippen molar-refractivity contribution in [2.45, 2.75) is 31.1 Å². The van der Waals surface area contributed by atoms with Gasteiger partial charge in [-0.1, -0.05) is 30.0 Å². The van der Waals surface area contributed by atoms with E-state index in [2.05, 4.69) is 14.5 Å². The van der Waals surface area contributed by atoms with Crippen LogP contribution in [-0.4, -0.2) is 41.0 Å². The number of carbonyl (C=O) groups is 2. The lowest BCUT2D eigenvalue weighted by atomic mass is 10.1. The zero-order chi connectivity index (χ0) is 21.7. The summed E-state index contributed by atoms with van der Waals surface area (Å²) >= 11 is 1.00. The molecule has 1 aliphatic rings. The molecule has 1 aliphatic heterocycles. The summed E-state index contributed by atoms with van der Waals surface area (Å²) in [5, 5.41) is 1.56. The van der Waals surface area contributed by atoms with Gasteiger partial charge in [0.1, 0.15) is 11.9 Å². The Balaban J connectivity index is 1.46. The number of benzene rings is 1. The third-order valence-corrected chi connectivity index (χ3v) is 5.83. The van der Waals surface area contributed by atoms with Gasteiger partial charge in [0.15, 0.2) is 0 Å². The van der Waals surface area contributed by atoms with E-state index >= 15 is 0 Å². The van der Waals surface area contributed by atoms with E-state index in [4.69, 9.17) is 9.29 Å². The largest absolute Gasteiger partial charge is 0.493 e. The van der Waals surface area contributed by atoms with Gasteiger partial charge in [0.2, 0.25) is 5.91 Å². The quantitative estimate of drug-likeness (QED) is 0.551. The number of thioether (sulfide) groups is 1. The molecule has 0 radical (unpaired) electrons. The second-order valence-electron chi connectivity index (χ2n) is 6.58. The molecule has 0 aliphatic carbocycles. The van der Waals surface area contributed by atoms with Crippen molar-refractivity contribution in [1.82, 2.24) is 10.3 Å². The van der Waals surface area contributed by atoms with Gasteiger partial charge in [-0.25, -0.2) is 4.18 Å². The molecule has 11 heteroatoms. The zero-order valence-electron chi connectivity index (χ0n) is 16.0. The molecule has 2 aromatic rings. The first-order valence-corrected chi connectivity index (χ1v) is 11.3. The van der Waals surface area contributed by atoms with E-state index in [0.29, 0.717) is 30.8 Å². The SMILES string of the molecule is CC(OS(=O)(=O)O)c1ccc(CCOc2ccc(CC3SC(=O)NC3=O)cc2)nc1. The number of aromatic nitrogens is 1. The molecule has 0 saturated carbocycles. The lowest BCUT2D eigenvalue weighted by Crippen LogP contribution is -2.25. The summed E-state index contributed by atoms with van der Waals surface area (Å²) in [6.07, 6.45) is 1.65. The average Bonchev–Trinajstić information content (AvgIpc) is 2.99. The summed E-state index contributed by atoms with van der Waals surface area (Å²) in [7, 11) is -4.53. The summed E-state index contributed by atoms with van der Waals surface area (Å²) in [5.74, 6) is 0.410. The Labute approximate surface area is 178 Å². The highest BCUT2D eigenvalue weighted by molar-refractivity contribution is 8.15. The molecule has 3 rings (SSSR count). The molecular formula is C19H20N2O7S2. The van der Waals surface area contributed by atoms with Gasteiger partial charge in [-0.2, -0.15) is 8.42 Å². The lowest BCUT2D eigenvalue weighted by Gasteiger charge is -2.11. The maximum atomic E-state index is 11.6. The van der Waals surface area contributed by atoms with E-state index in [1.807, 2.05) is 12.1 Å². The predicted molar refractivity (Wildman–Crippen MR) is 110 cm³/mol. The van der Waals surface area contributed by atoms with Gasteiger partial charge in [0.05, 0.1) is 11.9 Å². The van der Waals surface area contributed by atoms with E-state index in [1.54, 1.807) is 24.3 Å². The summed E-state index contributed by atoms with van der Waals surface area (Å²) in [6.45, 7) is 1.88. The Kier molecular flexibility index (Phi) is 7.08. The average molecular weight is 453 g/mol. The van der Waals surface area contributed by atoms with Crippen molar-refractivity contribution in [2.24, 2.45) is 0 Å². The van der Waals surface area contributed by atoms with Crippen LogP contribution in [-0.2, 0) is 32.2 Å². The maximum Gasteiger partial charge on any atom is 0.397 e. The Morgan fingerprint density at radius 3 is 2.50 bits per heavy atom. The number of hydrogen-bond acceptors (Lipinski definition) is 8. The van der Waals surface area contributed by atoms with Crippen LogP contribution in [0.5, 0.6) is 5.75 Å². The van der Waals surface area contributed by atoms with Crippen LogP contribution in [0.1, 0.15) is 29.8 Å². The lowest BCUT2D eigenvalue weighted by molar-refractivity contribution is -0.118. The number of amides is 2. The highest BCUT2D eigenvalue weighted by Gasteiger charge is 2.31. The van der Waals surface area contributed by atoms with Gasteiger partial charge >= 0.3 is 10.4 Å². The number of nitrogens with one attached hydrogen (secondary N) is 1. The Bertz CT molecular complexity index is 1010. The second-order valence-corrected chi connectivity index (χ2v) is 8.80. The molecule has 2 atom stereocenters. The molecule has 0 bridgehead atoms. The maximum absolute atomic E-state index is 11.6. The predicted octanol–water partition coefficient (Wildman–Crippen LogP) is 2.48. The van der Waals surface area contributed by atoms with Crippen molar-refractivity contribution < 1.29 is 31.5 Å². The third kappa shape index (κ3) is 6.52. The van der Waals surface area contributed by atoms with Crippen LogP contribution in [0.3, 0.4) is 0 Å². The summed E-state index contributed by atoms with van der Waals surface area (Å²) in [6, 6.07) is 10.7. The fraction of sp³-hybridized carbons (Fsp3) is 0.316. The molecule has 30 heavy (non-hydrogen) atoms. The van der Waals surface area contributed by atoms with Gasteiger partial charge in [-0.15, -0.1) is 0 Å². The van der Waals surface area contributed by atoms with Crippen molar-refractivity contribution in [3.8, 4) is 5.75 Å². The molecule has 9 nitrogen and oxygen atoms in total. The molecule has 2 unspecified atom stereocenters. The number of imide groups is 1. The van der Waals surface area contributed by atoms with Crippen LogP contribution in [0.4, 0.5) is 4.79 Å². The molecule has 160 valence electrons. The Morgan fingerprint density at radius 2 is 1.93 bits per heavy atom. The number of nitrogens with zero attached hydrogens (tertiary/aromatic N) is 1. The van der Waals surface area contributed by atoms with Crippen LogP contribution < -0.4 is 10.1 Å².